The normalized spacial score (nSPS) is 10.1. The lowest BCUT2D eigenvalue weighted by Crippen LogP contribution is -1.99. The fourth-order valence-electron chi connectivity index (χ4n) is 1.30. The SMILES string of the molecule is CSC(=O)c1ccc(C(C)C)cc1C#N. The summed E-state index contributed by atoms with van der Waals surface area (Å²) < 4.78 is 0. The molecule has 0 N–H and O–H groups in total. The van der Waals surface area contributed by atoms with Crippen molar-refractivity contribution < 1.29 is 4.79 Å². The Kier molecular flexibility index (Phi) is 3.93. The van der Waals surface area contributed by atoms with Gasteiger partial charge >= 0.3 is 0 Å². The number of thioether (sulfide) groups is 1. The minimum absolute atomic E-state index is 0.0538. The van der Waals surface area contributed by atoms with Gasteiger partial charge in [-0.15, -0.1) is 0 Å². The summed E-state index contributed by atoms with van der Waals surface area (Å²) in [5.74, 6) is 0.371. The van der Waals surface area contributed by atoms with Crippen molar-refractivity contribution in [2.45, 2.75) is 19.8 Å². The Morgan fingerprint density at radius 2 is 2.13 bits per heavy atom. The molecule has 15 heavy (non-hydrogen) atoms. The molecule has 2 nitrogen and oxygen atoms in total. The molecule has 0 saturated heterocycles. The Morgan fingerprint density at radius 3 is 2.60 bits per heavy atom. The fourth-order valence-corrected chi connectivity index (χ4v) is 1.70. The van der Waals surface area contributed by atoms with E-state index >= 15 is 0 Å². The van der Waals surface area contributed by atoms with Crippen LogP contribution in [-0.2, 0) is 0 Å². The van der Waals surface area contributed by atoms with Crippen LogP contribution in [-0.4, -0.2) is 11.4 Å². The predicted molar refractivity (Wildman–Crippen MR) is 63.1 cm³/mol. The van der Waals surface area contributed by atoms with Crippen molar-refractivity contribution in [2.24, 2.45) is 0 Å². The minimum atomic E-state index is -0.0538. The van der Waals surface area contributed by atoms with E-state index in [9.17, 15) is 4.79 Å². The Bertz CT molecular complexity index is 418. The second-order valence-electron chi connectivity index (χ2n) is 3.56. The lowest BCUT2D eigenvalue weighted by atomic mass is 9.98. The van der Waals surface area contributed by atoms with E-state index in [-0.39, 0.29) is 5.12 Å². The third-order valence-corrected chi connectivity index (χ3v) is 2.83. The number of nitrogens with zero attached hydrogens (tertiary/aromatic N) is 1. The molecule has 1 aromatic rings. The first-order chi connectivity index (χ1) is 7.10. The summed E-state index contributed by atoms with van der Waals surface area (Å²) in [6, 6.07) is 7.53. The highest BCUT2D eigenvalue weighted by Crippen LogP contribution is 2.21. The van der Waals surface area contributed by atoms with E-state index in [0.29, 0.717) is 17.0 Å². The molecule has 0 aromatic heterocycles. The van der Waals surface area contributed by atoms with Gasteiger partial charge in [-0.1, -0.05) is 31.7 Å². The molecular formula is C12H13NOS. The fraction of sp³-hybridized carbons (Fsp3) is 0.333. The van der Waals surface area contributed by atoms with Gasteiger partial charge in [0, 0.05) is 5.56 Å². The average molecular weight is 219 g/mol. The van der Waals surface area contributed by atoms with Gasteiger partial charge < -0.3 is 0 Å². The van der Waals surface area contributed by atoms with Gasteiger partial charge in [0.1, 0.15) is 0 Å². The highest BCUT2D eigenvalue weighted by Gasteiger charge is 2.11. The first kappa shape index (κ1) is 11.8. The molecule has 0 amide bonds. The van der Waals surface area contributed by atoms with Gasteiger partial charge in [0.2, 0.25) is 5.12 Å². The maximum atomic E-state index is 11.5. The third kappa shape index (κ3) is 2.60. The van der Waals surface area contributed by atoms with Gasteiger partial charge in [0.15, 0.2) is 0 Å². The van der Waals surface area contributed by atoms with Gasteiger partial charge in [-0.05, 0) is 29.9 Å². The molecule has 1 aromatic carbocycles. The summed E-state index contributed by atoms with van der Waals surface area (Å²) in [6.07, 6.45) is 1.72. The van der Waals surface area contributed by atoms with E-state index in [2.05, 4.69) is 19.9 Å². The topological polar surface area (TPSA) is 40.9 Å². The second kappa shape index (κ2) is 4.99. The molecule has 0 aliphatic rings. The summed E-state index contributed by atoms with van der Waals surface area (Å²) in [6.45, 7) is 4.12. The van der Waals surface area contributed by atoms with Crippen LogP contribution in [0.15, 0.2) is 18.2 Å². The van der Waals surface area contributed by atoms with E-state index in [0.717, 1.165) is 17.3 Å². The summed E-state index contributed by atoms with van der Waals surface area (Å²) in [4.78, 5) is 11.5. The molecule has 0 aliphatic carbocycles. The number of hydrogen-bond acceptors (Lipinski definition) is 3. The number of benzene rings is 1. The van der Waals surface area contributed by atoms with Crippen LogP contribution in [0.1, 0.15) is 41.3 Å². The van der Waals surface area contributed by atoms with E-state index in [1.807, 2.05) is 6.07 Å². The number of carbonyl (C=O) groups excluding carboxylic acids is 1. The number of rotatable bonds is 2. The number of carbonyl (C=O) groups is 1. The number of hydrogen-bond donors (Lipinski definition) is 0. The van der Waals surface area contributed by atoms with E-state index < -0.39 is 0 Å². The van der Waals surface area contributed by atoms with Crippen LogP contribution in [0, 0.1) is 11.3 Å². The largest absolute Gasteiger partial charge is 0.282 e. The zero-order chi connectivity index (χ0) is 11.4. The lowest BCUT2D eigenvalue weighted by Gasteiger charge is -2.07. The zero-order valence-electron chi connectivity index (χ0n) is 9.07. The molecule has 0 unspecified atom stereocenters. The van der Waals surface area contributed by atoms with Crippen molar-refractivity contribution in [1.82, 2.24) is 0 Å². The molecule has 0 atom stereocenters. The molecule has 1 rings (SSSR count). The van der Waals surface area contributed by atoms with Crippen molar-refractivity contribution in [3.8, 4) is 6.07 Å². The Labute approximate surface area is 94.3 Å². The third-order valence-electron chi connectivity index (χ3n) is 2.24. The Morgan fingerprint density at radius 1 is 1.47 bits per heavy atom. The summed E-state index contributed by atoms with van der Waals surface area (Å²) in [7, 11) is 0. The van der Waals surface area contributed by atoms with Gasteiger partial charge in [-0.3, -0.25) is 4.79 Å². The second-order valence-corrected chi connectivity index (χ2v) is 4.34. The standard InChI is InChI=1S/C12H13NOS/c1-8(2)9-4-5-11(12(14)15-3)10(6-9)7-13/h4-6,8H,1-3H3. The summed E-state index contributed by atoms with van der Waals surface area (Å²) >= 11 is 1.13. The predicted octanol–water partition coefficient (Wildman–Crippen LogP) is 3.18. The van der Waals surface area contributed by atoms with Crippen LogP contribution < -0.4 is 0 Å². The first-order valence-corrected chi connectivity index (χ1v) is 5.95. The zero-order valence-corrected chi connectivity index (χ0v) is 9.89. The maximum Gasteiger partial charge on any atom is 0.220 e. The molecule has 0 heterocycles. The monoisotopic (exact) mass is 219 g/mol. The van der Waals surface area contributed by atoms with Gasteiger partial charge in [0.25, 0.3) is 0 Å². The van der Waals surface area contributed by atoms with Gasteiger partial charge in [0.05, 0.1) is 11.6 Å². The van der Waals surface area contributed by atoms with Crippen molar-refractivity contribution >= 4 is 16.9 Å². The average Bonchev–Trinajstić information content (AvgIpc) is 2.27. The van der Waals surface area contributed by atoms with Crippen LogP contribution in [0.4, 0.5) is 0 Å². The van der Waals surface area contributed by atoms with Crippen LogP contribution in [0.5, 0.6) is 0 Å². The molecule has 0 fully saturated rings. The van der Waals surface area contributed by atoms with Crippen molar-refractivity contribution in [2.75, 3.05) is 6.26 Å². The van der Waals surface area contributed by atoms with Crippen LogP contribution in [0.25, 0.3) is 0 Å². The maximum absolute atomic E-state index is 11.5. The van der Waals surface area contributed by atoms with Crippen molar-refractivity contribution in [3.63, 3.8) is 0 Å². The molecular weight excluding hydrogens is 206 g/mol. The molecule has 0 saturated carbocycles. The Hall–Kier alpha value is -1.27. The molecule has 0 spiro atoms. The molecule has 0 radical (unpaired) electrons. The molecule has 3 heteroatoms. The van der Waals surface area contributed by atoms with Gasteiger partial charge in [-0.2, -0.15) is 5.26 Å². The lowest BCUT2D eigenvalue weighted by molar-refractivity contribution is 0.108. The van der Waals surface area contributed by atoms with Crippen LogP contribution in [0.3, 0.4) is 0 Å². The number of nitriles is 1. The minimum Gasteiger partial charge on any atom is -0.282 e. The summed E-state index contributed by atoms with van der Waals surface area (Å²) in [5.41, 5.74) is 2.07. The highest BCUT2D eigenvalue weighted by atomic mass is 32.2. The highest BCUT2D eigenvalue weighted by molar-refractivity contribution is 8.13. The Balaban J connectivity index is 3.22. The van der Waals surface area contributed by atoms with E-state index in [4.69, 9.17) is 5.26 Å². The van der Waals surface area contributed by atoms with E-state index in [1.54, 1.807) is 18.4 Å². The quantitative estimate of drug-likeness (QED) is 0.767. The smallest absolute Gasteiger partial charge is 0.220 e. The van der Waals surface area contributed by atoms with Crippen LogP contribution >= 0.6 is 11.8 Å². The molecule has 0 aliphatic heterocycles. The van der Waals surface area contributed by atoms with Crippen molar-refractivity contribution in [1.29, 1.82) is 5.26 Å². The van der Waals surface area contributed by atoms with Crippen LogP contribution in [0.2, 0.25) is 0 Å². The summed E-state index contributed by atoms with van der Waals surface area (Å²) in [5, 5.41) is 8.90. The molecule has 78 valence electrons. The van der Waals surface area contributed by atoms with Crippen molar-refractivity contribution in [3.05, 3.63) is 34.9 Å². The first-order valence-electron chi connectivity index (χ1n) is 4.72. The van der Waals surface area contributed by atoms with Gasteiger partial charge in [-0.25, -0.2) is 0 Å². The van der Waals surface area contributed by atoms with E-state index in [1.165, 1.54) is 0 Å². The molecule has 0 bridgehead atoms.